The summed E-state index contributed by atoms with van der Waals surface area (Å²) in [6, 6.07) is 0. The topological polar surface area (TPSA) is 217 Å². The predicted molar refractivity (Wildman–Crippen MR) is 35.0 cm³/mol. The summed E-state index contributed by atoms with van der Waals surface area (Å²) in [4.78, 5) is 1.82. The molecule has 12 heteroatoms. The van der Waals surface area contributed by atoms with E-state index in [9.17, 15) is 0 Å². The SMILES string of the molecule is [NH3+]C12CC[NH+](CC1)CC2.[O-][Cl+3]([O-])([O-])[O-].[O-][Cl+3]([O-])([O-])[O-]. The number of quaternary nitrogens is 2. The average Bonchev–Trinajstić information content (AvgIpc) is 2.13. The van der Waals surface area contributed by atoms with Gasteiger partial charge in [-0.1, -0.05) is 0 Å². The molecule has 0 radical (unpaired) electrons. The second-order valence-corrected chi connectivity index (χ2v) is 6.02. The summed E-state index contributed by atoms with van der Waals surface area (Å²) < 4.78 is 67.9. The zero-order valence-corrected chi connectivity index (χ0v) is 11.5. The number of piperidine rings is 3. The van der Waals surface area contributed by atoms with E-state index in [0.29, 0.717) is 5.54 Å². The van der Waals surface area contributed by atoms with Gasteiger partial charge in [-0.3, -0.25) is 0 Å². The minimum absolute atomic E-state index is 0.516. The summed E-state index contributed by atoms with van der Waals surface area (Å²) in [5.74, 6) is 0. The van der Waals surface area contributed by atoms with Crippen LogP contribution in [0.15, 0.2) is 0 Å². The molecule has 0 aromatic rings. The second-order valence-electron chi connectivity index (χ2n) is 4.51. The van der Waals surface area contributed by atoms with E-state index < -0.39 is 20.5 Å². The van der Waals surface area contributed by atoms with Gasteiger partial charge in [-0.2, -0.15) is 0 Å². The Balaban J connectivity index is 0.000000283. The normalized spacial score (nSPS) is 29.8. The van der Waals surface area contributed by atoms with Crippen LogP contribution in [0, 0.1) is 20.5 Å². The highest BCUT2D eigenvalue weighted by molar-refractivity contribution is 4.81. The van der Waals surface area contributed by atoms with Crippen LogP contribution >= 0.6 is 0 Å². The maximum atomic E-state index is 8.49. The van der Waals surface area contributed by atoms with Gasteiger partial charge in [-0.25, -0.2) is 37.3 Å². The van der Waals surface area contributed by atoms with Crippen molar-refractivity contribution in [3.63, 3.8) is 0 Å². The van der Waals surface area contributed by atoms with Crippen molar-refractivity contribution in [2.24, 2.45) is 0 Å². The van der Waals surface area contributed by atoms with Crippen LogP contribution in [-0.4, -0.2) is 25.2 Å². The third-order valence-electron chi connectivity index (χ3n) is 3.03. The molecule has 4 N–H and O–H groups in total. The molecule has 3 saturated heterocycles. The number of nitrogens with one attached hydrogen (secondary N) is 1. The van der Waals surface area contributed by atoms with Crippen LogP contribution < -0.4 is 47.9 Å². The molecule has 0 aromatic heterocycles. The van der Waals surface area contributed by atoms with Crippen molar-refractivity contribution in [2.45, 2.75) is 24.8 Å². The molecule has 0 atom stereocenters. The van der Waals surface area contributed by atoms with E-state index in [1.165, 1.54) is 38.9 Å². The lowest BCUT2D eigenvalue weighted by molar-refractivity contribution is -2.00. The Labute approximate surface area is 113 Å². The summed E-state index contributed by atoms with van der Waals surface area (Å²) in [7, 11) is -9.89. The summed E-state index contributed by atoms with van der Waals surface area (Å²) in [6.07, 6.45) is 4.13. The molecule has 3 fully saturated rings. The number of halogens is 2. The van der Waals surface area contributed by atoms with E-state index in [1.54, 1.807) is 0 Å². The van der Waals surface area contributed by atoms with Crippen molar-refractivity contribution in [2.75, 3.05) is 19.6 Å². The van der Waals surface area contributed by atoms with Gasteiger partial charge in [0.1, 0.15) is 5.54 Å². The molecule has 10 nitrogen and oxygen atoms in total. The zero-order valence-electron chi connectivity index (χ0n) is 9.97. The Hall–Kier alpha value is 0.180. The molecule has 3 aliphatic heterocycles. The van der Waals surface area contributed by atoms with Gasteiger partial charge in [-0.05, 0) is 0 Å². The first kappa shape index (κ1) is 19.2. The van der Waals surface area contributed by atoms with E-state index in [2.05, 4.69) is 5.73 Å². The molecule has 0 saturated carbocycles. The predicted octanol–water partition coefficient (Wildman–Crippen LogP) is -11.5. The minimum Gasteiger partial charge on any atom is -0.352 e. The first-order valence-corrected chi connectivity index (χ1v) is 7.68. The highest BCUT2D eigenvalue weighted by Crippen LogP contribution is 2.17. The standard InChI is InChI=1S/C7H14N2.2ClHO4/c8-7-1-4-9(5-2-7)6-3-7;2*2-1(3,4)5/h1-6,8H2;2*(H,2,3,4,5). The van der Waals surface area contributed by atoms with E-state index in [-0.39, 0.29) is 0 Å². The molecule has 0 aromatic carbocycles. The van der Waals surface area contributed by atoms with E-state index >= 15 is 0 Å². The molecular weight excluding hydrogens is 311 g/mol. The maximum Gasteiger partial charge on any atom is 0.111 e. The lowest BCUT2D eigenvalue weighted by atomic mass is 9.81. The van der Waals surface area contributed by atoms with Gasteiger partial charge in [0.25, 0.3) is 0 Å². The van der Waals surface area contributed by atoms with Gasteiger partial charge in [-0.15, -0.1) is 20.5 Å². The molecule has 3 heterocycles. The smallest absolute Gasteiger partial charge is 0.111 e. The summed E-state index contributed by atoms with van der Waals surface area (Å²) >= 11 is 0. The molecule has 3 aliphatic rings. The van der Waals surface area contributed by atoms with Crippen LogP contribution in [0.2, 0.25) is 0 Å². The average molecular weight is 327 g/mol. The highest BCUT2D eigenvalue weighted by Gasteiger charge is 2.42. The Bertz CT molecular complexity index is 223. The molecule has 19 heavy (non-hydrogen) atoms. The van der Waals surface area contributed by atoms with E-state index in [0.717, 1.165) is 0 Å². The second kappa shape index (κ2) is 7.26. The largest absolute Gasteiger partial charge is 0.352 e. The fourth-order valence-electron chi connectivity index (χ4n) is 2.08. The fraction of sp³-hybridized carbons (Fsp3) is 1.00. The lowest BCUT2D eigenvalue weighted by Gasteiger charge is -2.40. The van der Waals surface area contributed by atoms with Crippen molar-refractivity contribution in [3.05, 3.63) is 0 Å². The van der Waals surface area contributed by atoms with Crippen LogP contribution in [0.25, 0.3) is 0 Å². The molecule has 2 bridgehead atoms. The molecule has 3 rings (SSSR count). The Morgan fingerprint density at radius 3 is 1.00 bits per heavy atom. The number of fused-ring (bicyclic) bond motifs is 3. The van der Waals surface area contributed by atoms with Crippen LogP contribution in [0.3, 0.4) is 0 Å². The minimum atomic E-state index is -4.94. The van der Waals surface area contributed by atoms with Gasteiger partial charge in [0.05, 0.1) is 38.9 Å². The van der Waals surface area contributed by atoms with Gasteiger partial charge >= 0.3 is 0 Å². The van der Waals surface area contributed by atoms with Gasteiger partial charge in [0.2, 0.25) is 0 Å². The highest BCUT2D eigenvalue weighted by atomic mass is 35.7. The van der Waals surface area contributed by atoms with Crippen LogP contribution in [0.5, 0.6) is 0 Å². The molecule has 0 aliphatic carbocycles. The monoisotopic (exact) mass is 326 g/mol. The summed E-state index contributed by atoms with van der Waals surface area (Å²) in [5, 5.41) is 0. The fourth-order valence-corrected chi connectivity index (χ4v) is 2.08. The molecule has 0 unspecified atom stereocenters. The van der Waals surface area contributed by atoms with Crippen molar-refractivity contribution in [3.8, 4) is 0 Å². The first-order chi connectivity index (χ1) is 8.29. The number of rotatable bonds is 0. The molecule has 0 amide bonds. The van der Waals surface area contributed by atoms with Crippen molar-refractivity contribution in [1.29, 1.82) is 0 Å². The number of hydrogen-bond acceptors (Lipinski definition) is 8. The zero-order chi connectivity index (χ0) is 15.3. The van der Waals surface area contributed by atoms with Crippen LogP contribution in [0.4, 0.5) is 0 Å². The quantitative estimate of drug-likeness (QED) is 0.434. The summed E-state index contributed by atoms with van der Waals surface area (Å²) in [6.45, 7) is 4.18. The molecule has 0 spiro atoms. The van der Waals surface area contributed by atoms with Gasteiger partial charge < -0.3 is 10.6 Å². The van der Waals surface area contributed by atoms with Crippen molar-refractivity contribution >= 4 is 0 Å². The molecular formula is C7H16Cl2N2O8. The molecule has 116 valence electrons. The van der Waals surface area contributed by atoms with Crippen LogP contribution in [-0.2, 0) is 0 Å². The van der Waals surface area contributed by atoms with Gasteiger partial charge in [0, 0.05) is 0 Å². The van der Waals surface area contributed by atoms with Crippen molar-refractivity contribution < 1.29 is 68.4 Å². The first-order valence-electron chi connectivity index (χ1n) is 5.21. The third kappa shape index (κ3) is 14.4. The van der Waals surface area contributed by atoms with E-state index in [1.807, 2.05) is 4.90 Å². The maximum absolute atomic E-state index is 8.49. The van der Waals surface area contributed by atoms with Crippen molar-refractivity contribution in [1.82, 2.24) is 0 Å². The van der Waals surface area contributed by atoms with E-state index in [4.69, 9.17) is 37.3 Å². The third-order valence-corrected chi connectivity index (χ3v) is 3.03. The number of hydrogen-bond donors (Lipinski definition) is 2. The Morgan fingerprint density at radius 2 is 0.895 bits per heavy atom. The van der Waals surface area contributed by atoms with Gasteiger partial charge in [0.15, 0.2) is 0 Å². The van der Waals surface area contributed by atoms with Crippen LogP contribution in [0.1, 0.15) is 19.3 Å². The summed E-state index contributed by atoms with van der Waals surface area (Å²) in [5.41, 5.74) is 4.79. The lowest BCUT2D eigenvalue weighted by Crippen LogP contribution is -3.17. The Morgan fingerprint density at radius 1 is 0.684 bits per heavy atom. The Kier molecular flexibility index (Phi) is 7.33.